The lowest BCUT2D eigenvalue weighted by atomic mass is 9.86. The number of urea groups is 1. The number of sulfonamides is 1. The van der Waals surface area contributed by atoms with Crippen molar-refractivity contribution in [3.63, 3.8) is 0 Å². The number of ketones is 1. The van der Waals surface area contributed by atoms with Crippen LogP contribution in [0.3, 0.4) is 0 Å². The third-order valence-corrected chi connectivity index (χ3v) is 10.5. The molecule has 5 N–H and O–H groups in total. The number of Topliss-reactive ketones (excluding diaryl/α,β-unsaturated/α-hetero) is 1. The third-order valence-electron chi connectivity index (χ3n) is 9.35. The number of anilines is 3. The Kier molecular flexibility index (Phi) is 16.7. The van der Waals surface area contributed by atoms with Gasteiger partial charge in [0.15, 0.2) is 11.5 Å². The number of aromatic nitrogens is 1. The van der Waals surface area contributed by atoms with E-state index in [1.165, 1.54) is 14.2 Å². The summed E-state index contributed by atoms with van der Waals surface area (Å²) in [5.74, 6) is 1.58. The number of pyridine rings is 1. The van der Waals surface area contributed by atoms with E-state index in [0.717, 1.165) is 22.8 Å². The summed E-state index contributed by atoms with van der Waals surface area (Å²) in [5, 5.41) is 7.19. The molecule has 0 saturated heterocycles. The number of nitrogens with zero attached hydrogens (tertiary/aromatic N) is 1. The molecule has 0 radical (unpaired) electrons. The lowest BCUT2D eigenvalue weighted by Gasteiger charge is -2.24. The molecular weight excluding hydrogens is 856 g/mol. The van der Waals surface area contributed by atoms with Crippen molar-refractivity contribution in [2.45, 2.75) is 45.4 Å². The number of hydrogen-bond acceptors (Lipinski definition) is 12. The summed E-state index contributed by atoms with van der Waals surface area (Å²) in [4.78, 5) is 48.4. The van der Waals surface area contributed by atoms with Gasteiger partial charge in [-0.3, -0.25) is 19.0 Å². The SMILES string of the molecule is COc1cc(Cc2cc(Oc3ccc(NC(=O)Nc4cc(C(C)(C)C)cc(NS(C)(=O)=O)c4OC)c4ccccc34)ccn2)ccc1C(=O)CCCOCCOCCOP(=O)(O)O. The van der Waals surface area contributed by atoms with Crippen molar-refractivity contribution in [1.82, 2.24) is 4.98 Å². The van der Waals surface area contributed by atoms with Crippen LogP contribution in [-0.2, 0) is 40.4 Å². The maximum absolute atomic E-state index is 13.5. The molecule has 5 rings (SSSR count). The maximum Gasteiger partial charge on any atom is 0.469 e. The molecule has 5 aromatic rings. The number of rotatable bonds is 22. The van der Waals surface area contributed by atoms with E-state index < -0.39 is 23.9 Å². The van der Waals surface area contributed by atoms with Gasteiger partial charge in [-0.15, -0.1) is 0 Å². The minimum Gasteiger partial charge on any atom is -0.496 e. The number of phosphoric acid groups is 1. The smallest absolute Gasteiger partial charge is 0.469 e. The molecule has 19 heteroatoms. The molecule has 0 spiro atoms. The van der Waals surface area contributed by atoms with E-state index in [1.807, 2.05) is 63.2 Å². The Morgan fingerprint density at radius 3 is 2.14 bits per heavy atom. The molecule has 0 fully saturated rings. The number of amides is 2. The van der Waals surface area contributed by atoms with E-state index in [0.29, 0.717) is 59.0 Å². The van der Waals surface area contributed by atoms with Gasteiger partial charge in [0, 0.05) is 48.2 Å². The second-order valence-corrected chi connectivity index (χ2v) is 18.3. The predicted octanol–water partition coefficient (Wildman–Crippen LogP) is 8.05. The van der Waals surface area contributed by atoms with E-state index in [1.54, 1.807) is 42.6 Å². The molecule has 0 aliphatic carbocycles. The first-order valence-electron chi connectivity index (χ1n) is 19.8. The van der Waals surface area contributed by atoms with Gasteiger partial charge in [0.05, 0.1) is 69.5 Å². The standard InChI is InChI=1S/C44H53N4O13PS/c1-44(2,3)30-26-37(42(57-5)38(27-30)48-63(6,54)55)47-43(50)46-36-15-16-40(34-11-8-7-10-33(34)36)61-32-17-18-45-31(28-32)24-29-13-14-35(41(25-29)56-4)39(49)12-9-19-58-20-21-59-22-23-60-62(51,52)53/h7-8,10-11,13-18,25-28,48H,9,12,19-24H2,1-6H3,(H2,46,47,50)(H2,51,52,53). The van der Waals surface area contributed by atoms with Crippen molar-refractivity contribution in [2.75, 3.05) is 68.9 Å². The Morgan fingerprint density at radius 1 is 0.778 bits per heavy atom. The Morgan fingerprint density at radius 2 is 1.46 bits per heavy atom. The lowest BCUT2D eigenvalue weighted by molar-refractivity contribution is 0.0312. The van der Waals surface area contributed by atoms with Crippen LogP contribution in [0.25, 0.3) is 10.8 Å². The topological polar surface area (TPSA) is 230 Å². The van der Waals surface area contributed by atoms with Crippen LogP contribution in [0.4, 0.5) is 21.9 Å². The predicted molar refractivity (Wildman–Crippen MR) is 240 cm³/mol. The second-order valence-electron chi connectivity index (χ2n) is 15.3. The van der Waals surface area contributed by atoms with Gasteiger partial charge in [0.1, 0.15) is 17.2 Å². The van der Waals surface area contributed by atoms with Gasteiger partial charge in [-0.1, -0.05) is 51.1 Å². The second kappa shape index (κ2) is 21.7. The van der Waals surface area contributed by atoms with E-state index in [-0.39, 0.29) is 61.2 Å². The molecule has 0 unspecified atom stereocenters. The van der Waals surface area contributed by atoms with Crippen LogP contribution in [0.15, 0.2) is 85.1 Å². The third kappa shape index (κ3) is 14.7. The van der Waals surface area contributed by atoms with Gasteiger partial charge in [-0.05, 0) is 65.4 Å². The number of fused-ring (bicyclic) bond motifs is 1. The molecule has 2 amide bonds. The minimum atomic E-state index is -4.52. The maximum atomic E-state index is 13.5. The Hall–Kier alpha value is -5.59. The van der Waals surface area contributed by atoms with Crippen LogP contribution in [0, 0.1) is 0 Å². The first-order valence-corrected chi connectivity index (χ1v) is 23.2. The highest BCUT2D eigenvalue weighted by atomic mass is 32.2. The number of carbonyl (C=O) groups is 2. The number of phosphoric ester groups is 1. The zero-order chi connectivity index (χ0) is 45.8. The fourth-order valence-corrected chi connectivity index (χ4v) is 7.29. The number of carbonyl (C=O) groups excluding carboxylic acids is 2. The largest absolute Gasteiger partial charge is 0.496 e. The summed E-state index contributed by atoms with van der Waals surface area (Å²) < 4.78 is 70.0. The van der Waals surface area contributed by atoms with Gasteiger partial charge < -0.3 is 44.1 Å². The number of benzene rings is 4. The van der Waals surface area contributed by atoms with Crippen molar-refractivity contribution < 1.29 is 60.6 Å². The summed E-state index contributed by atoms with van der Waals surface area (Å²) in [6.07, 6.45) is 3.83. The monoisotopic (exact) mass is 908 g/mol. The quantitative estimate of drug-likeness (QED) is 0.0251. The summed E-state index contributed by atoms with van der Waals surface area (Å²) in [7, 11) is -5.27. The Balaban J connectivity index is 1.21. The highest BCUT2D eigenvalue weighted by Gasteiger charge is 2.23. The molecule has 4 aromatic carbocycles. The van der Waals surface area contributed by atoms with Gasteiger partial charge in [-0.2, -0.15) is 0 Å². The van der Waals surface area contributed by atoms with Crippen LogP contribution >= 0.6 is 7.82 Å². The molecule has 1 heterocycles. The highest BCUT2D eigenvalue weighted by Crippen LogP contribution is 2.40. The van der Waals surface area contributed by atoms with Gasteiger partial charge in [0.25, 0.3) is 0 Å². The molecular formula is C44H53N4O13PS. The number of ether oxygens (including phenoxy) is 5. The van der Waals surface area contributed by atoms with Crippen molar-refractivity contribution in [1.29, 1.82) is 0 Å². The number of methoxy groups -OCH3 is 2. The fourth-order valence-electron chi connectivity index (χ4n) is 6.43. The minimum absolute atomic E-state index is 0.0137. The highest BCUT2D eigenvalue weighted by molar-refractivity contribution is 7.92. The molecule has 0 aliphatic heterocycles. The Bertz CT molecular complexity index is 2560. The van der Waals surface area contributed by atoms with Crippen LogP contribution in [0.1, 0.15) is 60.8 Å². The molecule has 0 saturated carbocycles. The summed E-state index contributed by atoms with van der Waals surface area (Å²) in [6.45, 7) is 6.50. The number of hydrogen-bond donors (Lipinski definition) is 5. The average molecular weight is 909 g/mol. The molecule has 338 valence electrons. The molecule has 17 nitrogen and oxygen atoms in total. The summed E-state index contributed by atoms with van der Waals surface area (Å²) in [5.41, 5.74) is 3.41. The van der Waals surface area contributed by atoms with Crippen molar-refractivity contribution in [2.24, 2.45) is 0 Å². The van der Waals surface area contributed by atoms with E-state index in [9.17, 15) is 22.6 Å². The molecule has 0 bridgehead atoms. The van der Waals surface area contributed by atoms with Gasteiger partial charge >= 0.3 is 13.9 Å². The normalized spacial score (nSPS) is 11.9. The number of nitrogens with one attached hydrogen (secondary N) is 3. The van der Waals surface area contributed by atoms with Crippen LogP contribution in [0.2, 0.25) is 0 Å². The molecule has 1 aromatic heterocycles. The zero-order valence-electron chi connectivity index (χ0n) is 35.9. The van der Waals surface area contributed by atoms with Gasteiger partial charge in [0.2, 0.25) is 10.0 Å². The van der Waals surface area contributed by atoms with Crippen molar-refractivity contribution in [3.05, 3.63) is 107 Å². The van der Waals surface area contributed by atoms with E-state index in [2.05, 4.69) is 24.9 Å². The first-order chi connectivity index (χ1) is 29.8. The fraction of sp³-hybridized carbons (Fsp3) is 0.341. The zero-order valence-corrected chi connectivity index (χ0v) is 37.6. The average Bonchev–Trinajstić information content (AvgIpc) is 3.21. The van der Waals surface area contributed by atoms with Crippen LogP contribution in [-0.4, -0.2) is 88.5 Å². The van der Waals surface area contributed by atoms with Crippen LogP contribution in [0.5, 0.6) is 23.0 Å². The lowest BCUT2D eigenvalue weighted by Crippen LogP contribution is -2.22. The van der Waals surface area contributed by atoms with E-state index in [4.69, 9.17) is 33.5 Å². The van der Waals surface area contributed by atoms with Crippen molar-refractivity contribution in [3.8, 4) is 23.0 Å². The molecule has 0 aliphatic rings. The van der Waals surface area contributed by atoms with Gasteiger partial charge in [-0.25, -0.2) is 17.8 Å². The van der Waals surface area contributed by atoms with E-state index >= 15 is 0 Å². The molecule has 0 atom stereocenters. The summed E-state index contributed by atoms with van der Waals surface area (Å²) >= 11 is 0. The van der Waals surface area contributed by atoms with Crippen LogP contribution < -0.4 is 29.6 Å². The van der Waals surface area contributed by atoms with Crippen molar-refractivity contribution >= 4 is 57.5 Å². The Labute approximate surface area is 366 Å². The molecule has 63 heavy (non-hydrogen) atoms. The first kappa shape index (κ1) is 48.4. The summed E-state index contributed by atoms with van der Waals surface area (Å²) in [6, 6.07) is 22.8.